The van der Waals surface area contributed by atoms with Gasteiger partial charge >= 0.3 is 6.18 Å². The van der Waals surface area contributed by atoms with Gasteiger partial charge in [0.25, 0.3) is 5.91 Å². The van der Waals surface area contributed by atoms with Crippen molar-refractivity contribution in [2.24, 2.45) is 0 Å². The van der Waals surface area contributed by atoms with Crippen molar-refractivity contribution in [1.82, 2.24) is 5.32 Å². The molecule has 0 aliphatic heterocycles. The van der Waals surface area contributed by atoms with Gasteiger partial charge in [-0.25, -0.2) is 0 Å². The summed E-state index contributed by atoms with van der Waals surface area (Å²) in [5.74, 6) is -0.439. The van der Waals surface area contributed by atoms with Crippen molar-refractivity contribution in [1.29, 1.82) is 0 Å². The van der Waals surface area contributed by atoms with Crippen molar-refractivity contribution >= 4 is 19.2 Å². The van der Waals surface area contributed by atoms with Gasteiger partial charge in [0.2, 0.25) is 0 Å². The highest BCUT2D eigenvalue weighted by atomic mass is 28.3. The summed E-state index contributed by atoms with van der Waals surface area (Å²) in [4.78, 5) is 11.9. The maximum Gasteiger partial charge on any atom is 0.416 e. The van der Waals surface area contributed by atoms with Crippen LogP contribution in [0, 0.1) is 0 Å². The van der Waals surface area contributed by atoms with Crippen LogP contribution in [0.2, 0.25) is 19.6 Å². The van der Waals surface area contributed by atoms with Crippen molar-refractivity contribution in [2.75, 3.05) is 6.54 Å². The van der Waals surface area contributed by atoms with Crippen LogP contribution in [0.4, 0.5) is 13.2 Å². The molecule has 0 aromatic heterocycles. The molecule has 1 N–H and O–H groups in total. The summed E-state index contributed by atoms with van der Waals surface area (Å²) in [7, 11) is -1.88. The molecule has 2 nitrogen and oxygen atoms in total. The van der Waals surface area contributed by atoms with Gasteiger partial charge in [0, 0.05) is 12.1 Å². The average molecular weight is 289 g/mol. The molecule has 0 fully saturated rings. The topological polar surface area (TPSA) is 29.1 Å². The van der Waals surface area contributed by atoms with E-state index >= 15 is 0 Å². The quantitative estimate of drug-likeness (QED) is 0.852. The maximum absolute atomic E-state index is 12.7. The molecule has 1 amide bonds. The van der Waals surface area contributed by atoms with Crippen LogP contribution in [0.1, 0.15) is 22.8 Å². The zero-order chi connectivity index (χ0) is 14.8. The van der Waals surface area contributed by atoms with Gasteiger partial charge in [-0.2, -0.15) is 13.2 Å². The molecule has 0 saturated heterocycles. The van der Waals surface area contributed by atoms with E-state index in [1.54, 1.807) is 6.92 Å². The van der Waals surface area contributed by atoms with Crippen molar-refractivity contribution in [3.63, 3.8) is 0 Å². The first-order valence-corrected chi connectivity index (χ1v) is 9.57. The van der Waals surface area contributed by atoms with Gasteiger partial charge in [-0.15, -0.1) is 0 Å². The van der Waals surface area contributed by atoms with Crippen molar-refractivity contribution in [2.45, 2.75) is 32.7 Å². The first-order chi connectivity index (χ1) is 8.57. The molecule has 0 bridgehead atoms. The Bertz CT molecular complexity index is 478. The molecule has 19 heavy (non-hydrogen) atoms. The molecule has 1 aromatic carbocycles. The normalized spacial score (nSPS) is 12.4. The average Bonchev–Trinajstić information content (AvgIpc) is 2.26. The molecule has 0 heterocycles. The lowest BCUT2D eigenvalue weighted by molar-refractivity contribution is -0.137. The minimum absolute atomic E-state index is 0.149. The number of carbonyl (C=O) groups is 1. The second-order valence-corrected chi connectivity index (χ2v) is 10.4. The lowest BCUT2D eigenvalue weighted by Crippen LogP contribution is -2.43. The Labute approximate surface area is 112 Å². The van der Waals surface area contributed by atoms with E-state index in [-0.39, 0.29) is 5.56 Å². The Morgan fingerprint density at radius 2 is 1.84 bits per heavy atom. The van der Waals surface area contributed by atoms with Gasteiger partial charge in [-0.05, 0) is 18.2 Å². The summed E-state index contributed by atoms with van der Waals surface area (Å²) in [6.45, 7) is 8.12. The third kappa shape index (κ3) is 3.83. The smallest absolute Gasteiger partial charge is 0.352 e. The number of rotatable bonds is 3. The van der Waals surface area contributed by atoms with Crippen LogP contribution in [-0.4, -0.2) is 20.5 Å². The van der Waals surface area contributed by atoms with E-state index in [0.717, 1.165) is 17.3 Å². The fraction of sp³-hybridized carbons (Fsp3) is 0.462. The summed E-state index contributed by atoms with van der Waals surface area (Å²) < 4.78 is 38.2. The third-order valence-corrected chi connectivity index (χ3v) is 4.79. The minimum atomic E-state index is -4.43. The van der Waals surface area contributed by atoms with E-state index in [4.69, 9.17) is 0 Å². The molecule has 1 rings (SSSR count). The van der Waals surface area contributed by atoms with E-state index in [2.05, 4.69) is 5.32 Å². The van der Waals surface area contributed by atoms with E-state index in [1.165, 1.54) is 6.07 Å². The molecular weight excluding hydrogens is 271 g/mol. The number of alkyl halides is 3. The van der Waals surface area contributed by atoms with Crippen molar-refractivity contribution in [3.8, 4) is 0 Å². The fourth-order valence-corrected chi connectivity index (χ4v) is 3.40. The molecule has 0 aliphatic carbocycles. The van der Waals surface area contributed by atoms with Crippen LogP contribution in [0.25, 0.3) is 0 Å². The zero-order valence-corrected chi connectivity index (χ0v) is 12.5. The molecule has 106 valence electrons. The molecule has 6 heteroatoms. The number of amides is 1. The second-order valence-electron chi connectivity index (χ2n) is 5.37. The first-order valence-electron chi connectivity index (χ1n) is 6.07. The standard InChI is InChI=1S/C13H18F3NOSi/c1-5-17-12(18)10-8-9(13(14,15)16)6-7-11(10)19(2,3)4/h6-8H,5H2,1-4H3,(H,17,18). The zero-order valence-electron chi connectivity index (χ0n) is 11.5. The molecule has 1 aromatic rings. The monoisotopic (exact) mass is 289 g/mol. The molecule has 0 saturated carbocycles. The Morgan fingerprint density at radius 1 is 1.26 bits per heavy atom. The van der Waals surface area contributed by atoms with Crippen LogP contribution < -0.4 is 10.5 Å². The molecule has 0 unspecified atom stereocenters. The van der Waals surface area contributed by atoms with Crippen LogP contribution in [0.3, 0.4) is 0 Å². The van der Waals surface area contributed by atoms with Crippen LogP contribution >= 0.6 is 0 Å². The lowest BCUT2D eigenvalue weighted by Gasteiger charge is -2.21. The highest BCUT2D eigenvalue weighted by molar-refractivity contribution is 6.89. The number of carbonyl (C=O) groups excluding carboxylic acids is 1. The van der Waals surface area contributed by atoms with E-state index in [9.17, 15) is 18.0 Å². The third-order valence-electron chi connectivity index (χ3n) is 2.74. The molecular formula is C13H18F3NOSi. The number of halogens is 3. The summed E-state index contributed by atoms with van der Waals surface area (Å²) >= 11 is 0. The lowest BCUT2D eigenvalue weighted by atomic mass is 10.1. The molecule has 0 aliphatic rings. The molecule has 0 atom stereocenters. The predicted molar refractivity (Wildman–Crippen MR) is 72.4 cm³/mol. The van der Waals surface area contributed by atoms with Crippen LogP contribution in [0.15, 0.2) is 18.2 Å². The largest absolute Gasteiger partial charge is 0.416 e. The van der Waals surface area contributed by atoms with Gasteiger partial charge in [0.15, 0.2) is 0 Å². The number of benzene rings is 1. The van der Waals surface area contributed by atoms with Gasteiger partial charge in [-0.3, -0.25) is 4.79 Å². The number of hydrogen-bond donors (Lipinski definition) is 1. The Morgan fingerprint density at radius 3 is 2.26 bits per heavy atom. The van der Waals surface area contributed by atoms with Gasteiger partial charge in [-0.1, -0.05) is 31.8 Å². The predicted octanol–water partition coefficient (Wildman–Crippen LogP) is 3.00. The Hall–Kier alpha value is -1.30. The summed E-state index contributed by atoms with van der Waals surface area (Å²) in [5, 5.41) is 3.31. The van der Waals surface area contributed by atoms with Gasteiger partial charge in [0.1, 0.15) is 0 Å². The molecule has 0 radical (unpaired) electrons. The fourth-order valence-electron chi connectivity index (χ4n) is 1.82. The summed E-state index contributed by atoms with van der Waals surface area (Å²) in [6, 6.07) is 3.45. The van der Waals surface area contributed by atoms with Crippen LogP contribution in [-0.2, 0) is 6.18 Å². The maximum atomic E-state index is 12.7. The highest BCUT2D eigenvalue weighted by Gasteiger charge is 2.33. The van der Waals surface area contributed by atoms with E-state index in [0.29, 0.717) is 6.54 Å². The van der Waals surface area contributed by atoms with Crippen molar-refractivity contribution in [3.05, 3.63) is 29.3 Å². The first kappa shape index (κ1) is 15.8. The summed E-state index contributed by atoms with van der Waals surface area (Å²) in [6.07, 6.45) is -4.43. The highest BCUT2D eigenvalue weighted by Crippen LogP contribution is 2.29. The number of nitrogens with one attached hydrogen (secondary N) is 1. The van der Waals surface area contributed by atoms with E-state index in [1.807, 2.05) is 19.6 Å². The SMILES string of the molecule is CCNC(=O)c1cc(C(F)(F)F)ccc1[Si](C)(C)C. The second kappa shape index (κ2) is 5.36. The van der Waals surface area contributed by atoms with Gasteiger partial charge in [0.05, 0.1) is 13.6 Å². The Balaban J connectivity index is 3.39. The van der Waals surface area contributed by atoms with Crippen molar-refractivity contribution < 1.29 is 18.0 Å². The number of hydrogen-bond acceptors (Lipinski definition) is 1. The summed E-state index contributed by atoms with van der Waals surface area (Å²) in [5.41, 5.74) is -0.633. The van der Waals surface area contributed by atoms with Crippen LogP contribution in [0.5, 0.6) is 0 Å². The molecule has 0 spiro atoms. The van der Waals surface area contributed by atoms with Gasteiger partial charge < -0.3 is 5.32 Å². The minimum Gasteiger partial charge on any atom is -0.352 e. The Kier molecular flexibility index (Phi) is 4.45. The van der Waals surface area contributed by atoms with E-state index < -0.39 is 25.7 Å².